The highest BCUT2D eigenvalue weighted by Crippen LogP contribution is 2.26. The van der Waals surface area contributed by atoms with Crippen LogP contribution in [0.4, 0.5) is 0 Å². The van der Waals surface area contributed by atoms with Gasteiger partial charge >= 0.3 is 0 Å². The fourth-order valence-corrected chi connectivity index (χ4v) is 2.22. The average Bonchev–Trinajstić information content (AvgIpc) is 2.31. The first kappa shape index (κ1) is 13.1. The van der Waals surface area contributed by atoms with Gasteiger partial charge in [-0.3, -0.25) is 4.79 Å². The SMILES string of the molecule is N#CC1(C(=O)NCCc2ccccc2Br)COC1. The van der Waals surface area contributed by atoms with Gasteiger partial charge in [-0.25, -0.2) is 0 Å². The number of carbonyl (C=O) groups excluding carboxylic acids is 1. The quantitative estimate of drug-likeness (QED) is 0.920. The first-order valence-electron chi connectivity index (χ1n) is 5.69. The van der Waals surface area contributed by atoms with Crippen LogP contribution in [0.3, 0.4) is 0 Å². The summed E-state index contributed by atoms with van der Waals surface area (Å²) in [6.45, 7) is 0.916. The molecule has 0 bridgehead atoms. The predicted molar refractivity (Wildman–Crippen MR) is 69.7 cm³/mol. The third-order valence-electron chi connectivity index (χ3n) is 2.98. The number of hydrogen-bond donors (Lipinski definition) is 1. The molecule has 5 heteroatoms. The lowest BCUT2D eigenvalue weighted by atomic mass is 9.87. The fourth-order valence-electron chi connectivity index (χ4n) is 1.73. The maximum absolute atomic E-state index is 11.8. The van der Waals surface area contributed by atoms with Crippen LogP contribution in [0.5, 0.6) is 0 Å². The Kier molecular flexibility index (Phi) is 4.00. The number of hydrogen-bond acceptors (Lipinski definition) is 3. The zero-order chi connectivity index (χ0) is 13.0. The number of amides is 1. The molecule has 0 saturated carbocycles. The van der Waals surface area contributed by atoms with Crippen LogP contribution in [0.25, 0.3) is 0 Å². The zero-order valence-corrected chi connectivity index (χ0v) is 11.4. The molecule has 0 aliphatic carbocycles. The molecule has 1 aliphatic heterocycles. The number of nitriles is 1. The van der Waals surface area contributed by atoms with Crippen LogP contribution in [0.15, 0.2) is 28.7 Å². The number of benzene rings is 1. The molecule has 1 amide bonds. The summed E-state index contributed by atoms with van der Waals surface area (Å²) in [7, 11) is 0. The molecule has 0 unspecified atom stereocenters. The van der Waals surface area contributed by atoms with Gasteiger partial charge in [0.25, 0.3) is 0 Å². The van der Waals surface area contributed by atoms with Crippen LogP contribution in [0.2, 0.25) is 0 Å². The Balaban J connectivity index is 1.85. The molecule has 2 rings (SSSR count). The van der Waals surface area contributed by atoms with Gasteiger partial charge < -0.3 is 10.1 Å². The summed E-state index contributed by atoms with van der Waals surface area (Å²) in [5.74, 6) is -0.233. The van der Waals surface area contributed by atoms with Crippen molar-refractivity contribution in [1.82, 2.24) is 5.32 Å². The van der Waals surface area contributed by atoms with E-state index in [4.69, 9.17) is 10.00 Å². The smallest absolute Gasteiger partial charge is 0.245 e. The average molecular weight is 309 g/mol. The van der Waals surface area contributed by atoms with Crippen molar-refractivity contribution in [2.75, 3.05) is 19.8 Å². The maximum atomic E-state index is 11.8. The van der Waals surface area contributed by atoms with E-state index in [9.17, 15) is 4.79 Å². The number of nitrogens with one attached hydrogen (secondary N) is 1. The third kappa shape index (κ3) is 2.55. The Labute approximate surface area is 114 Å². The Hall–Kier alpha value is -1.38. The van der Waals surface area contributed by atoms with Gasteiger partial charge in [-0.1, -0.05) is 34.1 Å². The molecule has 0 radical (unpaired) electrons. The van der Waals surface area contributed by atoms with Crippen LogP contribution >= 0.6 is 15.9 Å². The van der Waals surface area contributed by atoms with E-state index in [0.29, 0.717) is 6.54 Å². The van der Waals surface area contributed by atoms with E-state index in [-0.39, 0.29) is 19.1 Å². The van der Waals surface area contributed by atoms with Crippen LogP contribution in [-0.4, -0.2) is 25.7 Å². The van der Waals surface area contributed by atoms with Crippen LogP contribution in [-0.2, 0) is 16.0 Å². The number of rotatable bonds is 4. The maximum Gasteiger partial charge on any atom is 0.245 e. The van der Waals surface area contributed by atoms with Crippen molar-refractivity contribution in [1.29, 1.82) is 5.26 Å². The second-order valence-corrected chi connectivity index (χ2v) is 5.14. The monoisotopic (exact) mass is 308 g/mol. The Morgan fingerprint density at radius 1 is 1.50 bits per heavy atom. The Morgan fingerprint density at radius 2 is 2.22 bits per heavy atom. The van der Waals surface area contributed by atoms with Gasteiger partial charge in [-0.15, -0.1) is 0 Å². The van der Waals surface area contributed by atoms with Crippen LogP contribution < -0.4 is 5.32 Å². The van der Waals surface area contributed by atoms with Gasteiger partial charge in [-0.2, -0.15) is 5.26 Å². The molecule has 1 heterocycles. The van der Waals surface area contributed by atoms with Gasteiger partial charge in [0.05, 0.1) is 19.3 Å². The standard InChI is InChI=1S/C13H13BrN2O2/c14-11-4-2-1-3-10(11)5-6-16-12(17)13(7-15)8-18-9-13/h1-4H,5-6,8-9H2,(H,16,17). The van der Waals surface area contributed by atoms with Gasteiger partial charge in [0.15, 0.2) is 5.41 Å². The summed E-state index contributed by atoms with van der Waals surface area (Å²) in [6.07, 6.45) is 0.732. The molecule has 1 saturated heterocycles. The molecule has 4 nitrogen and oxygen atoms in total. The molecule has 1 aromatic carbocycles. The Morgan fingerprint density at radius 3 is 2.78 bits per heavy atom. The molecule has 1 fully saturated rings. The second kappa shape index (κ2) is 5.51. The van der Waals surface area contributed by atoms with E-state index in [0.717, 1.165) is 16.5 Å². The van der Waals surface area contributed by atoms with Crippen LogP contribution in [0.1, 0.15) is 5.56 Å². The summed E-state index contributed by atoms with van der Waals surface area (Å²) in [5, 5.41) is 11.8. The van der Waals surface area contributed by atoms with E-state index in [1.54, 1.807) is 0 Å². The van der Waals surface area contributed by atoms with E-state index in [1.165, 1.54) is 0 Å². The number of halogens is 1. The molecule has 18 heavy (non-hydrogen) atoms. The fraction of sp³-hybridized carbons (Fsp3) is 0.385. The topological polar surface area (TPSA) is 62.1 Å². The number of ether oxygens (including phenoxy) is 1. The van der Waals surface area contributed by atoms with Gasteiger partial charge in [0, 0.05) is 11.0 Å². The molecule has 94 valence electrons. The molecule has 0 aromatic heterocycles. The zero-order valence-electron chi connectivity index (χ0n) is 9.78. The molecular weight excluding hydrogens is 296 g/mol. The predicted octanol–water partition coefficient (Wildman–Crippen LogP) is 1.65. The van der Waals surface area contributed by atoms with Gasteiger partial charge in [-0.05, 0) is 18.1 Å². The number of carbonyl (C=O) groups is 1. The lowest BCUT2D eigenvalue weighted by Crippen LogP contribution is -2.53. The molecular formula is C13H13BrN2O2. The minimum absolute atomic E-state index is 0.199. The minimum Gasteiger partial charge on any atom is -0.377 e. The summed E-state index contributed by atoms with van der Waals surface area (Å²) in [4.78, 5) is 11.8. The van der Waals surface area contributed by atoms with Crippen LogP contribution in [0, 0.1) is 16.7 Å². The lowest BCUT2D eigenvalue weighted by molar-refractivity contribution is -0.149. The van der Waals surface area contributed by atoms with E-state index in [2.05, 4.69) is 21.2 Å². The van der Waals surface area contributed by atoms with Crippen molar-refractivity contribution < 1.29 is 9.53 Å². The van der Waals surface area contributed by atoms with Crippen molar-refractivity contribution in [3.8, 4) is 6.07 Å². The summed E-state index contributed by atoms with van der Waals surface area (Å²) >= 11 is 3.46. The summed E-state index contributed by atoms with van der Waals surface area (Å²) in [6, 6.07) is 9.90. The highest BCUT2D eigenvalue weighted by Gasteiger charge is 2.46. The number of nitrogens with zero attached hydrogens (tertiary/aromatic N) is 1. The first-order chi connectivity index (χ1) is 8.68. The normalized spacial score (nSPS) is 16.4. The van der Waals surface area contributed by atoms with E-state index in [1.807, 2.05) is 30.3 Å². The molecule has 1 aromatic rings. The third-order valence-corrected chi connectivity index (χ3v) is 3.76. The van der Waals surface area contributed by atoms with Gasteiger partial charge in [0.2, 0.25) is 5.91 Å². The van der Waals surface area contributed by atoms with Gasteiger partial charge in [0.1, 0.15) is 0 Å². The molecule has 0 spiro atoms. The Bertz CT molecular complexity index is 492. The van der Waals surface area contributed by atoms with E-state index >= 15 is 0 Å². The summed E-state index contributed by atoms with van der Waals surface area (Å²) < 4.78 is 5.97. The first-order valence-corrected chi connectivity index (χ1v) is 6.48. The second-order valence-electron chi connectivity index (χ2n) is 4.28. The highest BCUT2D eigenvalue weighted by molar-refractivity contribution is 9.10. The lowest BCUT2D eigenvalue weighted by Gasteiger charge is -2.33. The molecule has 0 atom stereocenters. The van der Waals surface area contributed by atoms with Crippen molar-refractivity contribution >= 4 is 21.8 Å². The van der Waals surface area contributed by atoms with Crippen molar-refractivity contribution in [2.45, 2.75) is 6.42 Å². The minimum atomic E-state index is -0.964. The van der Waals surface area contributed by atoms with Crippen molar-refractivity contribution in [3.63, 3.8) is 0 Å². The van der Waals surface area contributed by atoms with Crippen molar-refractivity contribution in [2.24, 2.45) is 5.41 Å². The van der Waals surface area contributed by atoms with Crippen molar-refractivity contribution in [3.05, 3.63) is 34.3 Å². The largest absolute Gasteiger partial charge is 0.377 e. The molecule has 1 aliphatic rings. The summed E-state index contributed by atoms with van der Waals surface area (Å²) in [5.41, 5.74) is 0.169. The molecule has 1 N–H and O–H groups in total. The van der Waals surface area contributed by atoms with E-state index < -0.39 is 5.41 Å². The highest BCUT2D eigenvalue weighted by atomic mass is 79.9.